The molecule has 1 saturated carbocycles. The lowest BCUT2D eigenvalue weighted by molar-refractivity contribution is -0.119. The summed E-state index contributed by atoms with van der Waals surface area (Å²) in [6.07, 6.45) is 6.22. The minimum atomic E-state index is -0.199. The van der Waals surface area contributed by atoms with Crippen LogP contribution in [0.25, 0.3) is 0 Å². The minimum Gasteiger partial charge on any atom is -0.382 e. The molecule has 1 aliphatic rings. The number of nitrogens with zero attached hydrogens (tertiary/aromatic N) is 3. The van der Waals surface area contributed by atoms with E-state index in [0.29, 0.717) is 33.5 Å². The van der Waals surface area contributed by atoms with Crippen molar-refractivity contribution in [3.63, 3.8) is 0 Å². The summed E-state index contributed by atoms with van der Waals surface area (Å²) in [5, 5.41) is 21.6. The summed E-state index contributed by atoms with van der Waals surface area (Å²) < 4.78 is 0. The number of aromatic nitrogens is 2. The SMILES string of the molecule is CC(=O)NC1CCC(NC(=O)c2cnc(Nc3ncc(C#N)cc3Cl)cc2NC(C)C)CC1. The van der Waals surface area contributed by atoms with E-state index < -0.39 is 0 Å². The first-order valence-corrected chi connectivity index (χ1v) is 11.3. The fourth-order valence-corrected chi connectivity index (χ4v) is 3.99. The summed E-state index contributed by atoms with van der Waals surface area (Å²) >= 11 is 6.20. The maximum atomic E-state index is 13.0. The lowest BCUT2D eigenvalue weighted by Crippen LogP contribution is -2.43. The molecule has 174 valence electrons. The van der Waals surface area contributed by atoms with Gasteiger partial charge in [-0.25, -0.2) is 9.97 Å². The van der Waals surface area contributed by atoms with Gasteiger partial charge in [-0.05, 0) is 45.6 Å². The van der Waals surface area contributed by atoms with Gasteiger partial charge in [0.05, 0.1) is 21.8 Å². The number of halogens is 1. The highest BCUT2D eigenvalue weighted by Crippen LogP contribution is 2.27. The van der Waals surface area contributed by atoms with Crippen LogP contribution in [0.1, 0.15) is 62.4 Å². The van der Waals surface area contributed by atoms with Crippen LogP contribution in [0.2, 0.25) is 5.02 Å². The average molecular weight is 470 g/mol. The van der Waals surface area contributed by atoms with Crippen LogP contribution in [0.4, 0.5) is 17.3 Å². The van der Waals surface area contributed by atoms with Crippen molar-refractivity contribution in [1.29, 1.82) is 5.26 Å². The molecule has 2 amide bonds. The highest BCUT2D eigenvalue weighted by molar-refractivity contribution is 6.33. The molecule has 3 rings (SSSR count). The zero-order valence-corrected chi connectivity index (χ0v) is 19.7. The molecule has 33 heavy (non-hydrogen) atoms. The van der Waals surface area contributed by atoms with Crippen LogP contribution in [0, 0.1) is 11.3 Å². The standard InChI is InChI=1S/C23H28ClN7O2/c1-13(2)28-20-9-21(31-22-19(24)8-15(10-25)11-27-22)26-12-18(20)23(33)30-17-6-4-16(5-7-17)29-14(3)32/h8-9,11-13,16-17H,4-7H2,1-3H3,(H,29,32)(H,30,33)(H2,26,27,28,31). The normalized spacial score (nSPS) is 17.7. The van der Waals surface area contributed by atoms with E-state index in [1.165, 1.54) is 25.4 Å². The van der Waals surface area contributed by atoms with Crippen molar-refractivity contribution in [2.45, 2.75) is 64.6 Å². The number of anilines is 3. The van der Waals surface area contributed by atoms with Crippen molar-refractivity contribution in [2.24, 2.45) is 0 Å². The molecular weight excluding hydrogens is 442 g/mol. The molecule has 2 aromatic rings. The van der Waals surface area contributed by atoms with Gasteiger partial charge >= 0.3 is 0 Å². The molecular formula is C23H28ClN7O2. The number of nitrogens with one attached hydrogen (secondary N) is 4. The molecule has 0 spiro atoms. The average Bonchev–Trinajstić information content (AvgIpc) is 2.76. The number of amides is 2. The predicted molar refractivity (Wildman–Crippen MR) is 128 cm³/mol. The third-order valence-corrected chi connectivity index (χ3v) is 5.57. The second kappa shape index (κ2) is 11.0. The molecule has 0 radical (unpaired) electrons. The molecule has 0 atom stereocenters. The molecule has 1 aliphatic carbocycles. The topological polar surface area (TPSA) is 132 Å². The van der Waals surface area contributed by atoms with Crippen LogP contribution in [0.3, 0.4) is 0 Å². The number of pyridine rings is 2. The number of hydrogen-bond donors (Lipinski definition) is 4. The maximum Gasteiger partial charge on any atom is 0.255 e. The van der Waals surface area contributed by atoms with Crippen molar-refractivity contribution in [1.82, 2.24) is 20.6 Å². The molecule has 0 saturated heterocycles. The Morgan fingerprint density at radius 2 is 1.76 bits per heavy atom. The zero-order chi connectivity index (χ0) is 24.0. The summed E-state index contributed by atoms with van der Waals surface area (Å²) in [5.74, 6) is 0.607. The van der Waals surface area contributed by atoms with Gasteiger partial charge in [-0.3, -0.25) is 9.59 Å². The maximum absolute atomic E-state index is 13.0. The highest BCUT2D eigenvalue weighted by Gasteiger charge is 2.24. The smallest absolute Gasteiger partial charge is 0.255 e. The van der Waals surface area contributed by atoms with Crippen LogP contribution in [-0.4, -0.2) is 39.9 Å². The van der Waals surface area contributed by atoms with Crippen molar-refractivity contribution in [3.8, 4) is 6.07 Å². The van der Waals surface area contributed by atoms with Crippen molar-refractivity contribution in [3.05, 3.63) is 40.7 Å². The molecule has 0 aromatic carbocycles. The van der Waals surface area contributed by atoms with Gasteiger partial charge in [-0.15, -0.1) is 0 Å². The van der Waals surface area contributed by atoms with E-state index in [4.69, 9.17) is 16.9 Å². The Labute approximate surface area is 198 Å². The Morgan fingerprint density at radius 1 is 1.09 bits per heavy atom. The fourth-order valence-electron chi connectivity index (χ4n) is 3.78. The van der Waals surface area contributed by atoms with Crippen molar-refractivity contribution >= 4 is 40.7 Å². The Bertz CT molecular complexity index is 1060. The van der Waals surface area contributed by atoms with Crippen LogP contribution >= 0.6 is 11.6 Å². The van der Waals surface area contributed by atoms with E-state index in [1.54, 1.807) is 6.07 Å². The lowest BCUT2D eigenvalue weighted by atomic mass is 9.91. The molecule has 2 heterocycles. The van der Waals surface area contributed by atoms with E-state index in [9.17, 15) is 9.59 Å². The molecule has 10 heteroatoms. The van der Waals surface area contributed by atoms with Gasteiger partial charge in [0.15, 0.2) is 0 Å². The molecule has 9 nitrogen and oxygen atoms in total. The Hall–Kier alpha value is -3.38. The van der Waals surface area contributed by atoms with Gasteiger partial charge in [0.25, 0.3) is 5.91 Å². The number of carbonyl (C=O) groups is 2. The third-order valence-electron chi connectivity index (χ3n) is 5.28. The van der Waals surface area contributed by atoms with Gasteiger partial charge in [-0.1, -0.05) is 11.6 Å². The third kappa shape index (κ3) is 6.80. The number of hydrogen-bond acceptors (Lipinski definition) is 7. The minimum absolute atomic E-state index is 0.0239. The van der Waals surface area contributed by atoms with E-state index in [2.05, 4.69) is 31.2 Å². The van der Waals surface area contributed by atoms with Crippen LogP contribution in [-0.2, 0) is 4.79 Å². The van der Waals surface area contributed by atoms with E-state index in [-0.39, 0.29) is 29.9 Å². The van der Waals surface area contributed by atoms with E-state index in [1.807, 2.05) is 19.9 Å². The summed E-state index contributed by atoms with van der Waals surface area (Å²) in [6.45, 7) is 5.49. The first-order valence-electron chi connectivity index (χ1n) is 10.9. The Kier molecular flexibility index (Phi) is 8.06. The second-order valence-electron chi connectivity index (χ2n) is 8.43. The number of nitriles is 1. The van der Waals surface area contributed by atoms with Gasteiger partial charge < -0.3 is 21.3 Å². The van der Waals surface area contributed by atoms with E-state index in [0.717, 1.165) is 25.7 Å². The van der Waals surface area contributed by atoms with Gasteiger partial charge in [-0.2, -0.15) is 5.26 Å². The largest absolute Gasteiger partial charge is 0.382 e. The Morgan fingerprint density at radius 3 is 2.33 bits per heavy atom. The van der Waals surface area contributed by atoms with Crippen LogP contribution < -0.4 is 21.3 Å². The summed E-state index contributed by atoms with van der Waals surface area (Å²) in [4.78, 5) is 32.8. The molecule has 0 unspecified atom stereocenters. The molecule has 1 fully saturated rings. The van der Waals surface area contributed by atoms with Crippen molar-refractivity contribution in [2.75, 3.05) is 10.6 Å². The fraction of sp³-hybridized carbons (Fsp3) is 0.435. The Balaban J connectivity index is 1.72. The van der Waals surface area contributed by atoms with Gasteiger partial charge in [0.2, 0.25) is 5.91 Å². The van der Waals surface area contributed by atoms with Crippen LogP contribution in [0.5, 0.6) is 0 Å². The summed E-state index contributed by atoms with van der Waals surface area (Å²) in [5.41, 5.74) is 1.44. The summed E-state index contributed by atoms with van der Waals surface area (Å²) in [7, 11) is 0. The molecule has 0 bridgehead atoms. The molecule has 4 N–H and O–H groups in total. The first-order chi connectivity index (χ1) is 15.7. The molecule has 2 aromatic heterocycles. The monoisotopic (exact) mass is 469 g/mol. The zero-order valence-electron chi connectivity index (χ0n) is 18.9. The molecule has 0 aliphatic heterocycles. The van der Waals surface area contributed by atoms with Crippen molar-refractivity contribution < 1.29 is 9.59 Å². The van der Waals surface area contributed by atoms with Gasteiger partial charge in [0.1, 0.15) is 17.7 Å². The highest BCUT2D eigenvalue weighted by atomic mass is 35.5. The van der Waals surface area contributed by atoms with E-state index >= 15 is 0 Å². The van der Waals surface area contributed by atoms with Crippen LogP contribution in [0.15, 0.2) is 24.5 Å². The number of carbonyl (C=O) groups excluding carboxylic acids is 2. The quantitative estimate of drug-likeness (QED) is 0.485. The lowest BCUT2D eigenvalue weighted by Gasteiger charge is -2.29. The predicted octanol–water partition coefficient (Wildman–Crippen LogP) is 3.74. The number of rotatable bonds is 7. The second-order valence-corrected chi connectivity index (χ2v) is 8.84. The summed E-state index contributed by atoms with van der Waals surface area (Å²) in [6, 6.07) is 5.56. The van der Waals surface area contributed by atoms with Gasteiger partial charge in [0, 0.05) is 43.5 Å². The first kappa shape index (κ1) is 24.3.